The van der Waals surface area contributed by atoms with E-state index in [1.807, 2.05) is 0 Å². The molecule has 2 rings (SSSR count). The Bertz CT molecular complexity index is 619. The lowest BCUT2D eigenvalue weighted by atomic mass is 10.2. The van der Waals surface area contributed by atoms with E-state index in [2.05, 4.69) is 26.2 Å². The predicted molar refractivity (Wildman–Crippen MR) is 72.6 cm³/mol. The van der Waals surface area contributed by atoms with Gasteiger partial charge in [0.15, 0.2) is 0 Å². The molecule has 2 N–H and O–H groups in total. The number of anilines is 1. The smallest absolute Gasteiger partial charge is 0.339 e. The average molecular weight is 325 g/mol. The van der Waals surface area contributed by atoms with Crippen molar-refractivity contribution in [3.05, 3.63) is 57.9 Å². The van der Waals surface area contributed by atoms with Crippen LogP contribution in [0.2, 0.25) is 0 Å². The van der Waals surface area contributed by atoms with Gasteiger partial charge in [-0.15, -0.1) is 0 Å². The summed E-state index contributed by atoms with van der Waals surface area (Å²) in [5, 5.41) is 12.0. The molecule has 0 atom stereocenters. The van der Waals surface area contributed by atoms with Crippen molar-refractivity contribution in [3.8, 4) is 0 Å². The van der Waals surface area contributed by atoms with Crippen molar-refractivity contribution in [2.24, 2.45) is 0 Å². The molecular weight excluding hydrogens is 315 g/mol. The Morgan fingerprint density at radius 3 is 2.89 bits per heavy atom. The highest BCUT2D eigenvalue weighted by molar-refractivity contribution is 9.10. The van der Waals surface area contributed by atoms with E-state index in [9.17, 15) is 9.18 Å². The summed E-state index contributed by atoms with van der Waals surface area (Å²) in [5.74, 6) is -1.16. The number of carboxylic acids is 1. The molecule has 1 aromatic carbocycles. The number of hydrogen-bond acceptors (Lipinski definition) is 3. The summed E-state index contributed by atoms with van der Waals surface area (Å²) in [5.41, 5.74) is 0.770. The Hall–Kier alpha value is -1.95. The number of carbonyl (C=O) groups is 1. The molecule has 0 amide bonds. The minimum atomic E-state index is -1.07. The van der Waals surface area contributed by atoms with E-state index >= 15 is 0 Å². The molecule has 4 nitrogen and oxygen atoms in total. The van der Waals surface area contributed by atoms with Crippen LogP contribution in [0.5, 0.6) is 0 Å². The van der Waals surface area contributed by atoms with E-state index in [-0.39, 0.29) is 17.2 Å². The van der Waals surface area contributed by atoms with Crippen LogP contribution < -0.4 is 5.32 Å². The highest BCUT2D eigenvalue weighted by Gasteiger charge is 2.11. The Balaban J connectivity index is 2.17. The second-order valence-electron chi connectivity index (χ2n) is 3.84. The molecule has 0 saturated carbocycles. The van der Waals surface area contributed by atoms with Crippen molar-refractivity contribution in [2.45, 2.75) is 6.54 Å². The van der Waals surface area contributed by atoms with Crippen LogP contribution in [0.25, 0.3) is 0 Å². The first-order valence-electron chi connectivity index (χ1n) is 5.43. The lowest BCUT2D eigenvalue weighted by Gasteiger charge is -2.09. The number of nitrogens with zero attached hydrogens (tertiary/aromatic N) is 1. The van der Waals surface area contributed by atoms with E-state index in [4.69, 9.17) is 5.11 Å². The number of benzene rings is 1. The zero-order valence-electron chi connectivity index (χ0n) is 9.73. The normalized spacial score (nSPS) is 10.2. The van der Waals surface area contributed by atoms with Gasteiger partial charge in [-0.25, -0.2) is 14.2 Å². The molecule has 1 aromatic heterocycles. The van der Waals surface area contributed by atoms with Gasteiger partial charge in [0.1, 0.15) is 17.2 Å². The standard InChI is InChI=1S/C13H10BrFN2O2/c14-9-5-11(13(18)19)12(17-7-9)16-6-8-2-1-3-10(15)4-8/h1-5,7H,6H2,(H,16,17)(H,18,19). The lowest BCUT2D eigenvalue weighted by molar-refractivity contribution is 0.0697. The minimum absolute atomic E-state index is 0.0609. The Morgan fingerprint density at radius 2 is 2.21 bits per heavy atom. The summed E-state index contributed by atoms with van der Waals surface area (Å²) in [4.78, 5) is 15.1. The molecular formula is C13H10BrFN2O2. The number of hydrogen-bond donors (Lipinski definition) is 2. The summed E-state index contributed by atoms with van der Waals surface area (Å²) in [6, 6.07) is 7.54. The highest BCUT2D eigenvalue weighted by atomic mass is 79.9. The van der Waals surface area contributed by atoms with Gasteiger partial charge in [-0.1, -0.05) is 12.1 Å². The summed E-state index contributed by atoms with van der Waals surface area (Å²) < 4.78 is 13.6. The van der Waals surface area contributed by atoms with Crippen LogP contribution in [-0.4, -0.2) is 16.1 Å². The molecule has 0 fully saturated rings. The minimum Gasteiger partial charge on any atom is -0.478 e. The molecule has 0 saturated heterocycles. The molecule has 0 radical (unpaired) electrons. The molecule has 1 heterocycles. The summed E-state index contributed by atoms with van der Waals surface area (Å²) >= 11 is 3.17. The van der Waals surface area contributed by atoms with Gasteiger partial charge < -0.3 is 10.4 Å². The van der Waals surface area contributed by atoms with Crippen LogP contribution in [0.15, 0.2) is 41.0 Å². The van der Waals surface area contributed by atoms with Crippen LogP contribution in [0.4, 0.5) is 10.2 Å². The lowest BCUT2D eigenvalue weighted by Crippen LogP contribution is -2.08. The largest absolute Gasteiger partial charge is 0.478 e. The van der Waals surface area contributed by atoms with Gasteiger partial charge in [0.2, 0.25) is 0 Å². The number of pyridine rings is 1. The second-order valence-corrected chi connectivity index (χ2v) is 4.75. The fourth-order valence-corrected chi connectivity index (χ4v) is 1.91. The van der Waals surface area contributed by atoms with Gasteiger partial charge in [0.25, 0.3) is 0 Å². The van der Waals surface area contributed by atoms with E-state index < -0.39 is 5.97 Å². The number of aromatic carboxylic acids is 1. The van der Waals surface area contributed by atoms with Crippen molar-refractivity contribution in [2.75, 3.05) is 5.32 Å². The van der Waals surface area contributed by atoms with Gasteiger partial charge >= 0.3 is 5.97 Å². The third kappa shape index (κ3) is 3.51. The summed E-state index contributed by atoms with van der Waals surface area (Å²) in [6.07, 6.45) is 1.50. The van der Waals surface area contributed by atoms with Crippen LogP contribution in [0, 0.1) is 5.82 Å². The SMILES string of the molecule is O=C(O)c1cc(Br)cnc1NCc1cccc(F)c1. The van der Waals surface area contributed by atoms with Crippen molar-refractivity contribution >= 4 is 27.7 Å². The van der Waals surface area contributed by atoms with Gasteiger partial charge in [0, 0.05) is 17.2 Å². The molecule has 19 heavy (non-hydrogen) atoms. The summed E-state index contributed by atoms with van der Waals surface area (Å²) in [7, 11) is 0. The van der Waals surface area contributed by atoms with Crippen LogP contribution >= 0.6 is 15.9 Å². The fourth-order valence-electron chi connectivity index (χ4n) is 1.58. The third-order valence-corrected chi connectivity index (χ3v) is 2.87. The monoisotopic (exact) mass is 324 g/mol. The topological polar surface area (TPSA) is 62.2 Å². The van der Waals surface area contributed by atoms with Gasteiger partial charge in [0.05, 0.1) is 0 Å². The molecule has 0 bridgehead atoms. The van der Waals surface area contributed by atoms with Crippen molar-refractivity contribution in [1.82, 2.24) is 4.98 Å². The van der Waals surface area contributed by atoms with Gasteiger partial charge in [-0.2, -0.15) is 0 Å². The zero-order valence-corrected chi connectivity index (χ0v) is 11.3. The first-order valence-corrected chi connectivity index (χ1v) is 6.22. The van der Waals surface area contributed by atoms with E-state index in [0.29, 0.717) is 16.6 Å². The van der Waals surface area contributed by atoms with Crippen LogP contribution in [-0.2, 0) is 6.54 Å². The van der Waals surface area contributed by atoms with Crippen molar-refractivity contribution < 1.29 is 14.3 Å². The first-order chi connectivity index (χ1) is 9.06. The Labute approximate surface area is 117 Å². The predicted octanol–water partition coefficient (Wildman–Crippen LogP) is 3.29. The number of nitrogens with one attached hydrogen (secondary N) is 1. The molecule has 98 valence electrons. The summed E-state index contributed by atoms with van der Waals surface area (Å²) in [6.45, 7) is 0.298. The molecule has 0 aliphatic rings. The first kappa shape index (κ1) is 13.5. The van der Waals surface area contributed by atoms with Crippen LogP contribution in [0.1, 0.15) is 15.9 Å². The molecule has 0 unspecified atom stereocenters. The van der Waals surface area contributed by atoms with Crippen molar-refractivity contribution in [1.29, 1.82) is 0 Å². The quantitative estimate of drug-likeness (QED) is 0.905. The number of aromatic nitrogens is 1. The Kier molecular flexibility index (Phi) is 4.11. The maximum absolute atomic E-state index is 13.0. The highest BCUT2D eigenvalue weighted by Crippen LogP contribution is 2.18. The van der Waals surface area contributed by atoms with Gasteiger partial charge in [-0.3, -0.25) is 0 Å². The third-order valence-electron chi connectivity index (χ3n) is 2.43. The zero-order chi connectivity index (χ0) is 13.8. The van der Waals surface area contributed by atoms with Gasteiger partial charge in [-0.05, 0) is 39.7 Å². The number of halogens is 2. The van der Waals surface area contributed by atoms with Crippen LogP contribution in [0.3, 0.4) is 0 Å². The van der Waals surface area contributed by atoms with E-state index in [1.54, 1.807) is 12.1 Å². The maximum Gasteiger partial charge on any atom is 0.339 e. The van der Waals surface area contributed by atoms with E-state index in [1.165, 1.54) is 24.4 Å². The molecule has 0 spiro atoms. The average Bonchev–Trinajstić information content (AvgIpc) is 2.37. The molecule has 6 heteroatoms. The van der Waals surface area contributed by atoms with E-state index in [0.717, 1.165) is 0 Å². The second kappa shape index (κ2) is 5.79. The Morgan fingerprint density at radius 1 is 1.42 bits per heavy atom. The molecule has 0 aliphatic carbocycles. The number of rotatable bonds is 4. The maximum atomic E-state index is 13.0. The number of carboxylic acid groups (broad SMARTS) is 1. The molecule has 0 aliphatic heterocycles. The fraction of sp³-hybridized carbons (Fsp3) is 0.0769. The van der Waals surface area contributed by atoms with Crippen molar-refractivity contribution in [3.63, 3.8) is 0 Å². The molecule has 2 aromatic rings.